The molecule has 5 saturated heterocycles. The zero-order valence-corrected chi connectivity index (χ0v) is 23.3. The second-order valence-electron chi connectivity index (χ2n) is 13.8. The maximum atomic E-state index is 13.7. The molecule has 0 aromatic heterocycles. The van der Waals surface area contributed by atoms with E-state index in [0.29, 0.717) is 32.1 Å². The van der Waals surface area contributed by atoms with E-state index < -0.39 is 73.7 Å². The molecule has 206 valence electrons. The summed E-state index contributed by atoms with van der Waals surface area (Å²) >= 11 is 3.82. The number of hydrogen-bond acceptors (Lipinski definition) is 9. The highest BCUT2D eigenvalue weighted by Gasteiger charge is 2.91. The smallest absolute Gasteiger partial charge is 0.342 e. The topological polar surface area (TPSA) is 129 Å². The molecule has 13 atom stereocenters. The molecule has 9 nitrogen and oxygen atoms in total. The van der Waals surface area contributed by atoms with Gasteiger partial charge in [-0.1, -0.05) is 35.9 Å². The minimum absolute atomic E-state index is 0.0301. The average Bonchev–Trinajstić information content (AvgIpc) is 3.25. The number of aliphatic hydroxyl groups excluding tert-OH is 1. The third-order valence-electron chi connectivity index (χ3n) is 12.9. The van der Waals surface area contributed by atoms with Crippen LogP contribution in [0.3, 0.4) is 0 Å². The molecule has 0 aromatic rings. The number of allylic oxidation sites excluding steroid dienone is 2. The van der Waals surface area contributed by atoms with Gasteiger partial charge in [0.15, 0.2) is 28.4 Å². The highest BCUT2D eigenvalue weighted by atomic mass is 79.9. The van der Waals surface area contributed by atoms with Gasteiger partial charge in [0.25, 0.3) is 0 Å². The van der Waals surface area contributed by atoms with E-state index in [-0.39, 0.29) is 30.7 Å². The van der Waals surface area contributed by atoms with Gasteiger partial charge in [0.05, 0.1) is 28.4 Å². The Bertz CT molecular complexity index is 1250. The summed E-state index contributed by atoms with van der Waals surface area (Å²) in [5, 5.41) is 24.1. The summed E-state index contributed by atoms with van der Waals surface area (Å²) < 4.78 is 24.8. The fourth-order valence-corrected chi connectivity index (χ4v) is 11.6. The quantitative estimate of drug-likeness (QED) is 0.320. The summed E-state index contributed by atoms with van der Waals surface area (Å²) in [6.45, 7) is 5.70. The van der Waals surface area contributed by atoms with Crippen LogP contribution in [0.1, 0.15) is 59.3 Å². The van der Waals surface area contributed by atoms with Crippen molar-refractivity contribution < 1.29 is 43.5 Å². The van der Waals surface area contributed by atoms with Crippen LogP contribution in [-0.4, -0.2) is 73.7 Å². The standard InChI is InChI=1S/C28H33BrO9/c1-22-11-19-24(3)28-16(22)10-27(38-28,35-12-15(22)20(32)36-19)14-9-18(31)25(29)7-4-5-17(30)23(25,2)13(14)6-8-26(28,34)21(33)37-24/h4-5,13-16,18-19,31,34H,6-12H2,1-3H3/t13-,14+,15-,16-,18+,19+,22+,23-,24-,25-,26-,27+,28-/m0/s1. The molecule has 0 amide bonds. The number of carbonyl (C=O) groups is 3. The zero-order valence-electron chi connectivity index (χ0n) is 21.7. The van der Waals surface area contributed by atoms with Gasteiger partial charge in [-0.2, -0.15) is 0 Å². The summed E-state index contributed by atoms with van der Waals surface area (Å²) in [5.74, 6) is -4.40. The Balaban J connectivity index is 1.40. The molecule has 10 heteroatoms. The first-order valence-electron chi connectivity index (χ1n) is 13.8. The Hall–Kier alpha value is -1.33. The lowest BCUT2D eigenvalue weighted by Gasteiger charge is -2.65. The molecule has 2 spiro atoms. The molecule has 8 rings (SSSR count). The predicted octanol–water partition coefficient (Wildman–Crippen LogP) is 1.95. The molecule has 5 bridgehead atoms. The van der Waals surface area contributed by atoms with E-state index in [0.717, 1.165) is 0 Å². The Morgan fingerprint density at radius 2 is 1.87 bits per heavy atom. The van der Waals surface area contributed by atoms with E-state index in [1.807, 2.05) is 13.8 Å². The van der Waals surface area contributed by atoms with Crippen LogP contribution in [0.2, 0.25) is 0 Å². The van der Waals surface area contributed by atoms with Crippen LogP contribution < -0.4 is 0 Å². The lowest BCUT2D eigenvalue weighted by atomic mass is 9.46. The molecule has 0 aromatic carbocycles. The van der Waals surface area contributed by atoms with E-state index in [2.05, 4.69) is 15.9 Å². The second-order valence-corrected chi connectivity index (χ2v) is 15.2. The Kier molecular flexibility index (Phi) is 4.24. The molecule has 8 aliphatic rings. The first-order valence-corrected chi connectivity index (χ1v) is 14.6. The van der Waals surface area contributed by atoms with Gasteiger partial charge < -0.3 is 29.2 Å². The van der Waals surface area contributed by atoms with E-state index in [9.17, 15) is 24.6 Å². The Labute approximate surface area is 228 Å². The van der Waals surface area contributed by atoms with E-state index in [1.54, 1.807) is 19.1 Å². The number of carbonyl (C=O) groups excluding carboxylic acids is 3. The van der Waals surface area contributed by atoms with Gasteiger partial charge in [-0.25, -0.2) is 4.79 Å². The Morgan fingerprint density at radius 3 is 2.63 bits per heavy atom. The number of ether oxygens (including phenoxy) is 4. The number of halogens is 1. The number of rotatable bonds is 0. The predicted molar refractivity (Wildman–Crippen MR) is 132 cm³/mol. The third-order valence-corrected chi connectivity index (χ3v) is 14.5. The van der Waals surface area contributed by atoms with Crippen LogP contribution in [-0.2, 0) is 33.3 Å². The van der Waals surface area contributed by atoms with Crippen molar-refractivity contribution in [1.82, 2.24) is 0 Å². The number of ketones is 1. The zero-order chi connectivity index (χ0) is 26.9. The van der Waals surface area contributed by atoms with Crippen molar-refractivity contribution in [1.29, 1.82) is 0 Å². The molecule has 38 heavy (non-hydrogen) atoms. The molecular formula is C28H33BrO9. The van der Waals surface area contributed by atoms with Crippen LogP contribution in [0.4, 0.5) is 0 Å². The molecule has 2 N–H and O–H groups in total. The average molecular weight is 593 g/mol. The SMILES string of the molecule is C[C@@]12C[C@H]3OC(=O)[C@@H]1CO[C@]14C[C@@H]2[C@]2(O1)[C@@]3(C)OC(=O)[C@@]2(O)CC[C@H]1[C@H]4C[C@@H](O)[C@@]2(Br)CC=CC(=O)[C@]12C. The number of aliphatic hydroxyl groups is 2. The van der Waals surface area contributed by atoms with Gasteiger partial charge in [-0.05, 0) is 56.4 Å². The summed E-state index contributed by atoms with van der Waals surface area (Å²) in [6, 6.07) is 0. The lowest BCUT2D eigenvalue weighted by Crippen LogP contribution is -2.79. The highest BCUT2D eigenvalue weighted by molar-refractivity contribution is 9.10. The van der Waals surface area contributed by atoms with Crippen LogP contribution in [0.5, 0.6) is 0 Å². The van der Waals surface area contributed by atoms with Crippen molar-refractivity contribution >= 4 is 33.7 Å². The maximum Gasteiger partial charge on any atom is 0.342 e. The number of esters is 2. The summed E-state index contributed by atoms with van der Waals surface area (Å²) in [5.41, 5.74) is -6.61. The van der Waals surface area contributed by atoms with Gasteiger partial charge in [0.1, 0.15) is 6.10 Å². The number of hydrogen-bond donors (Lipinski definition) is 2. The summed E-state index contributed by atoms with van der Waals surface area (Å²) in [4.78, 5) is 40.8. The third kappa shape index (κ3) is 2.14. The van der Waals surface area contributed by atoms with Crippen molar-refractivity contribution in [3.63, 3.8) is 0 Å². The molecule has 5 heterocycles. The largest absolute Gasteiger partial charge is 0.458 e. The monoisotopic (exact) mass is 592 g/mol. The first kappa shape index (κ1) is 24.5. The van der Waals surface area contributed by atoms with Gasteiger partial charge in [-0.15, -0.1) is 0 Å². The van der Waals surface area contributed by atoms with Gasteiger partial charge in [0, 0.05) is 18.3 Å². The minimum atomic E-state index is -2.01. The van der Waals surface area contributed by atoms with Crippen molar-refractivity contribution in [2.24, 2.45) is 34.5 Å². The molecule has 5 aliphatic heterocycles. The molecule has 0 unspecified atom stereocenters. The van der Waals surface area contributed by atoms with Gasteiger partial charge in [0.2, 0.25) is 0 Å². The van der Waals surface area contributed by atoms with Gasteiger partial charge >= 0.3 is 11.9 Å². The molecule has 0 radical (unpaired) electrons. The summed E-state index contributed by atoms with van der Waals surface area (Å²) in [6.07, 6.45) is 3.71. The van der Waals surface area contributed by atoms with Crippen molar-refractivity contribution in [2.75, 3.05) is 6.61 Å². The second kappa shape index (κ2) is 6.59. The molecule has 7 fully saturated rings. The fraction of sp³-hybridized carbons (Fsp3) is 0.821. The van der Waals surface area contributed by atoms with Crippen LogP contribution in [0, 0.1) is 34.5 Å². The van der Waals surface area contributed by atoms with Crippen LogP contribution in [0.25, 0.3) is 0 Å². The molecule has 2 saturated carbocycles. The van der Waals surface area contributed by atoms with Crippen LogP contribution in [0.15, 0.2) is 12.2 Å². The van der Waals surface area contributed by atoms with E-state index >= 15 is 0 Å². The van der Waals surface area contributed by atoms with Gasteiger partial charge in [-0.3, -0.25) is 9.59 Å². The fourth-order valence-electron chi connectivity index (χ4n) is 10.7. The van der Waals surface area contributed by atoms with Crippen molar-refractivity contribution in [3.05, 3.63) is 12.2 Å². The maximum absolute atomic E-state index is 13.7. The normalized spacial score (nSPS) is 63.3. The van der Waals surface area contributed by atoms with Crippen molar-refractivity contribution in [2.45, 2.75) is 98.4 Å². The molecule has 3 aliphatic carbocycles. The van der Waals surface area contributed by atoms with E-state index in [4.69, 9.17) is 18.9 Å². The number of fused-ring (bicyclic) bond motifs is 5. The number of alkyl halides is 1. The Morgan fingerprint density at radius 1 is 1.11 bits per heavy atom. The van der Waals surface area contributed by atoms with Crippen molar-refractivity contribution in [3.8, 4) is 0 Å². The van der Waals surface area contributed by atoms with E-state index in [1.165, 1.54) is 0 Å². The summed E-state index contributed by atoms with van der Waals surface area (Å²) in [7, 11) is 0. The minimum Gasteiger partial charge on any atom is -0.458 e. The first-order chi connectivity index (χ1) is 17.7. The lowest BCUT2D eigenvalue weighted by molar-refractivity contribution is -0.380. The highest BCUT2D eigenvalue weighted by Crippen LogP contribution is 2.77. The molecular weight excluding hydrogens is 560 g/mol. The van der Waals surface area contributed by atoms with Crippen LogP contribution >= 0.6 is 15.9 Å².